The van der Waals surface area contributed by atoms with Gasteiger partial charge in [-0.3, -0.25) is 10.2 Å². The number of amides is 3. The molecule has 5 heteroatoms. The summed E-state index contributed by atoms with van der Waals surface area (Å²) in [7, 11) is 0. The fourth-order valence-corrected chi connectivity index (χ4v) is 0.839. The molecule has 11 heavy (non-hydrogen) atoms. The predicted molar refractivity (Wildman–Crippen MR) is 38.5 cm³/mol. The Bertz CT molecular complexity index is 204. The van der Waals surface area contributed by atoms with Crippen molar-refractivity contribution in [1.82, 2.24) is 16.2 Å². The highest BCUT2D eigenvalue weighted by molar-refractivity contribution is 5.94. The monoisotopic (exact) mass is 157 g/mol. The van der Waals surface area contributed by atoms with Gasteiger partial charge < -0.3 is 5.32 Å². The first kappa shape index (κ1) is 7.84. The lowest BCUT2D eigenvalue weighted by atomic mass is 9.98. The molecule has 62 valence electrons. The molecule has 1 fully saturated rings. The van der Waals surface area contributed by atoms with Crippen LogP contribution in [-0.2, 0) is 4.79 Å². The highest BCUT2D eigenvalue weighted by atomic mass is 16.2. The highest BCUT2D eigenvalue weighted by Crippen LogP contribution is 2.10. The van der Waals surface area contributed by atoms with E-state index in [0.29, 0.717) is 6.42 Å². The van der Waals surface area contributed by atoms with E-state index in [1.165, 1.54) is 0 Å². The molecule has 0 aromatic carbocycles. The van der Waals surface area contributed by atoms with Gasteiger partial charge in [-0.2, -0.15) is 0 Å². The number of hydrogen-bond acceptors (Lipinski definition) is 2. The van der Waals surface area contributed by atoms with Crippen molar-refractivity contribution in [2.45, 2.75) is 25.8 Å². The second-order valence-electron chi connectivity index (χ2n) is 2.72. The highest BCUT2D eigenvalue weighted by Gasteiger charge is 2.36. The number of hydrogen-bond donors (Lipinski definition) is 3. The smallest absolute Gasteiger partial charge is 0.322 e. The zero-order valence-corrected chi connectivity index (χ0v) is 6.52. The summed E-state index contributed by atoms with van der Waals surface area (Å²) in [6.45, 7) is 3.52. The van der Waals surface area contributed by atoms with E-state index in [4.69, 9.17) is 0 Å². The molecule has 0 bridgehead atoms. The Labute approximate surface area is 64.5 Å². The Hall–Kier alpha value is -1.26. The minimum Gasteiger partial charge on any atom is -0.322 e. The molecule has 1 aliphatic heterocycles. The third-order valence-corrected chi connectivity index (χ3v) is 1.89. The van der Waals surface area contributed by atoms with Crippen LogP contribution in [0.25, 0.3) is 0 Å². The van der Waals surface area contributed by atoms with Crippen molar-refractivity contribution in [1.29, 1.82) is 0 Å². The number of urea groups is 1. The van der Waals surface area contributed by atoms with E-state index >= 15 is 0 Å². The molecule has 1 aliphatic rings. The number of rotatable bonds is 1. The largest absolute Gasteiger partial charge is 0.334 e. The minimum atomic E-state index is -0.762. The number of nitrogens with one attached hydrogen (secondary N) is 3. The molecule has 0 unspecified atom stereocenters. The molecule has 1 saturated heterocycles. The Morgan fingerprint density at radius 3 is 2.45 bits per heavy atom. The molecular weight excluding hydrogens is 146 g/mol. The van der Waals surface area contributed by atoms with Crippen LogP contribution in [0.5, 0.6) is 0 Å². The molecule has 0 saturated carbocycles. The third kappa shape index (κ3) is 1.26. The molecule has 1 rings (SSSR count). The quantitative estimate of drug-likeness (QED) is 0.480. The molecular formula is C6H11N3O2. The Morgan fingerprint density at radius 2 is 2.00 bits per heavy atom. The van der Waals surface area contributed by atoms with E-state index in [9.17, 15) is 9.59 Å². The second-order valence-corrected chi connectivity index (χ2v) is 2.72. The summed E-state index contributed by atoms with van der Waals surface area (Å²) in [5, 5.41) is 2.53. The molecule has 1 heterocycles. The topological polar surface area (TPSA) is 70.2 Å². The van der Waals surface area contributed by atoms with Gasteiger partial charge in [-0.15, -0.1) is 0 Å². The molecule has 0 spiro atoms. The van der Waals surface area contributed by atoms with E-state index in [-0.39, 0.29) is 11.9 Å². The maximum absolute atomic E-state index is 11.1. The molecule has 0 radical (unpaired) electrons. The molecule has 0 aliphatic carbocycles. The summed E-state index contributed by atoms with van der Waals surface area (Å²) in [6.07, 6.45) is 0.576. The Balaban J connectivity index is 2.76. The van der Waals surface area contributed by atoms with Crippen molar-refractivity contribution in [2.24, 2.45) is 0 Å². The van der Waals surface area contributed by atoms with Gasteiger partial charge in [-0.05, 0) is 13.3 Å². The lowest BCUT2D eigenvalue weighted by Gasteiger charge is -2.32. The van der Waals surface area contributed by atoms with Gasteiger partial charge in [0.25, 0.3) is 5.91 Å². The Morgan fingerprint density at radius 1 is 1.36 bits per heavy atom. The number of carbonyl (C=O) groups excluding carboxylic acids is 2. The summed E-state index contributed by atoms with van der Waals surface area (Å²) in [5.41, 5.74) is 3.68. The van der Waals surface area contributed by atoms with Crippen molar-refractivity contribution in [3.8, 4) is 0 Å². The van der Waals surface area contributed by atoms with Gasteiger partial charge in [0.05, 0.1) is 0 Å². The average molecular weight is 157 g/mol. The zero-order chi connectivity index (χ0) is 8.48. The molecule has 1 atom stereocenters. The molecule has 3 N–H and O–H groups in total. The second kappa shape index (κ2) is 2.41. The van der Waals surface area contributed by atoms with Crippen LogP contribution in [0.3, 0.4) is 0 Å². The lowest BCUT2D eigenvalue weighted by molar-refractivity contribution is -0.128. The maximum Gasteiger partial charge on any atom is 0.334 e. The van der Waals surface area contributed by atoms with Gasteiger partial charge in [0.1, 0.15) is 5.54 Å². The first-order valence-corrected chi connectivity index (χ1v) is 3.47. The van der Waals surface area contributed by atoms with Gasteiger partial charge in [-0.1, -0.05) is 6.92 Å². The van der Waals surface area contributed by atoms with Crippen LogP contribution >= 0.6 is 0 Å². The van der Waals surface area contributed by atoms with Crippen LogP contribution in [0.15, 0.2) is 0 Å². The van der Waals surface area contributed by atoms with Crippen molar-refractivity contribution in [3.05, 3.63) is 0 Å². The normalized spacial score (nSPS) is 30.4. The molecule has 0 aromatic heterocycles. The number of carbonyl (C=O) groups is 2. The van der Waals surface area contributed by atoms with Crippen LogP contribution in [-0.4, -0.2) is 17.5 Å². The first-order valence-electron chi connectivity index (χ1n) is 3.47. The van der Waals surface area contributed by atoms with Gasteiger partial charge in [-0.25, -0.2) is 10.2 Å². The van der Waals surface area contributed by atoms with Crippen molar-refractivity contribution in [3.63, 3.8) is 0 Å². The van der Waals surface area contributed by atoms with E-state index in [0.717, 1.165) is 0 Å². The van der Waals surface area contributed by atoms with E-state index in [2.05, 4.69) is 16.2 Å². The summed E-state index contributed by atoms with van der Waals surface area (Å²) in [4.78, 5) is 21.9. The molecule has 0 aromatic rings. The fourth-order valence-electron chi connectivity index (χ4n) is 0.839. The molecule has 3 amide bonds. The number of hydrazine groups is 1. The molecule has 5 nitrogen and oxygen atoms in total. The summed E-state index contributed by atoms with van der Waals surface area (Å²) in [5.74, 6) is -0.209. The SMILES string of the molecule is CC[C@]1(C)NC(=O)NNC1=O. The van der Waals surface area contributed by atoms with Crippen LogP contribution < -0.4 is 16.2 Å². The maximum atomic E-state index is 11.1. The summed E-state index contributed by atoms with van der Waals surface area (Å²) < 4.78 is 0. The predicted octanol–water partition coefficient (Wildman–Crippen LogP) is -0.501. The van der Waals surface area contributed by atoms with Gasteiger partial charge in [0.15, 0.2) is 0 Å². The van der Waals surface area contributed by atoms with E-state index in [1.807, 2.05) is 6.92 Å². The van der Waals surface area contributed by atoms with Crippen LogP contribution in [0.1, 0.15) is 20.3 Å². The van der Waals surface area contributed by atoms with Crippen LogP contribution in [0, 0.1) is 0 Å². The minimum absolute atomic E-state index is 0.209. The standard InChI is InChI=1S/C6H11N3O2/c1-3-6(2)4(10)8-9-5(11)7-6/h3H2,1-2H3,(H,8,10)(H2,7,9,11)/t6-/m0/s1. The fraction of sp³-hybridized carbons (Fsp3) is 0.667. The zero-order valence-electron chi connectivity index (χ0n) is 6.52. The summed E-state index contributed by atoms with van der Waals surface area (Å²) in [6, 6.07) is -0.367. The average Bonchev–Trinajstić information content (AvgIpc) is 1.98. The van der Waals surface area contributed by atoms with Gasteiger partial charge in [0.2, 0.25) is 0 Å². The van der Waals surface area contributed by atoms with Crippen molar-refractivity contribution in [2.75, 3.05) is 0 Å². The first-order chi connectivity index (χ1) is 5.08. The van der Waals surface area contributed by atoms with Gasteiger partial charge >= 0.3 is 6.03 Å². The Kier molecular flexibility index (Phi) is 1.72. The van der Waals surface area contributed by atoms with E-state index < -0.39 is 5.54 Å². The van der Waals surface area contributed by atoms with Crippen LogP contribution in [0.2, 0.25) is 0 Å². The van der Waals surface area contributed by atoms with Crippen molar-refractivity contribution < 1.29 is 9.59 Å². The van der Waals surface area contributed by atoms with Crippen molar-refractivity contribution >= 4 is 11.9 Å². The van der Waals surface area contributed by atoms with Gasteiger partial charge in [0, 0.05) is 0 Å². The van der Waals surface area contributed by atoms with E-state index in [1.54, 1.807) is 6.92 Å². The van der Waals surface area contributed by atoms with Crippen LogP contribution in [0.4, 0.5) is 4.79 Å². The lowest BCUT2D eigenvalue weighted by Crippen LogP contribution is -2.68. The third-order valence-electron chi connectivity index (χ3n) is 1.89. The summed E-state index contributed by atoms with van der Waals surface area (Å²) >= 11 is 0.